The Morgan fingerprint density at radius 2 is 1.88 bits per heavy atom. The van der Waals surface area contributed by atoms with Gasteiger partial charge < -0.3 is 5.32 Å². The summed E-state index contributed by atoms with van der Waals surface area (Å²) in [7, 11) is 0. The lowest BCUT2D eigenvalue weighted by molar-refractivity contribution is 0.0953. The third-order valence-electron chi connectivity index (χ3n) is 3.71. The summed E-state index contributed by atoms with van der Waals surface area (Å²) in [6.45, 7) is 2.34. The average Bonchev–Trinajstić information content (AvgIpc) is 2.96. The Balaban J connectivity index is 1.62. The van der Waals surface area contributed by atoms with Crippen molar-refractivity contribution in [2.24, 2.45) is 0 Å². The molecule has 3 rings (SSSR count). The van der Waals surface area contributed by atoms with Crippen molar-refractivity contribution >= 4 is 17.2 Å². The lowest BCUT2D eigenvalue weighted by atomic mass is 10.2. The van der Waals surface area contributed by atoms with Crippen LogP contribution >= 0.6 is 11.3 Å². The van der Waals surface area contributed by atoms with Crippen molar-refractivity contribution in [2.75, 3.05) is 6.54 Å². The van der Waals surface area contributed by atoms with E-state index in [-0.39, 0.29) is 11.7 Å². The van der Waals surface area contributed by atoms with Crippen molar-refractivity contribution in [2.45, 2.75) is 13.3 Å². The van der Waals surface area contributed by atoms with Crippen molar-refractivity contribution in [1.82, 2.24) is 10.3 Å². The van der Waals surface area contributed by atoms with Crippen LogP contribution in [0.3, 0.4) is 0 Å². The minimum Gasteiger partial charge on any atom is -0.352 e. The zero-order valence-corrected chi connectivity index (χ0v) is 14.4. The molecular weight excluding hydrogens is 342 g/mol. The largest absolute Gasteiger partial charge is 0.352 e. The fourth-order valence-electron chi connectivity index (χ4n) is 2.40. The van der Waals surface area contributed by atoms with Gasteiger partial charge in [0.1, 0.15) is 16.6 Å². The van der Waals surface area contributed by atoms with Gasteiger partial charge in [0.15, 0.2) is 0 Å². The standard InChI is InChI=1S/C19H16F2N2OS/c1-12-17(25-19(23-12)13-5-7-15(20)8-6-13)9-10-22-18(24)14-3-2-4-16(21)11-14/h2-8,11H,9-10H2,1H3,(H,22,24). The number of nitrogens with one attached hydrogen (secondary N) is 1. The predicted octanol–water partition coefficient (Wildman–Crippen LogP) is 4.37. The molecule has 0 unspecified atom stereocenters. The van der Waals surface area contributed by atoms with E-state index < -0.39 is 5.82 Å². The monoisotopic (exact) mass is 358 g/mol. The van der Waals surface area contributed by atoms with E-state index in [0.717, 1.165) is 21.1 Å². The summed E-state index contributed by atoms with van der Waals surface area (Å²) >= 11 is 1.52. The van der Waals surface area contributed by atoms with E-state index in [9.17, 15) is 13.6 Å². The maximum Gasteiger partial charge on any atom is 0.251 e. The summed E-state index contributed by atoms with van der Waals surface area (Å²) in [6.07, 6.45) is 0.631. The van der Waals surface area contributed by atoms with Gasteiger partial charge in [0.2, 0.25) is 0 Å². The molecule has 0 bridgehead atoms. The highest BCUT2D eigenvalue weighted by molar-refractivity contribution is 7.15. The molecule has 128 valence electrons. The molecule has 0 aliphatic rings. The highest BCUT2D eigenvalue weighted by atomic mass is 32.1. The molecule has 3 aromatic rings. The van der Waals surface area contributed by atoms with Gasteiger partial charge in [-0.25, -0.2) is 13.8 Å². The summed E-state index contributed by atoms with van der Waals surface area (Å²) in [5.41, 5.74) is 2.06. The van der Waals surface area contributed by atoms with Crippen LogP contribution < -0.4 is 5.32 Å². The summed E-state index contributed by atoms with van der Waals surface area (Å²) in [6, 6.07) is 11.8. The molecule has 2 aromatic carbocycles. The number of hydrogen-bond acceptors (Lipinski definition) is 3. The molecule has 0 radical (unpaired) electrons. The number of carbonyl (C=O) groups excluding carboxylic acids is 1. The molecule has 1 amide bonds. The topological polar surface area (TPSA) is 42.0 Å². The number of carbonyl (C=O) groups is 1. The SMILES string of the molecule is Cc1nc(-c2ccc(F)cc2)sc1CCNC(=O)c1cccc(F)c1. The van der Waals surface area contributed by atoms with Crippen LogP contribution in [0, 0.1) is 18.6 Å². The number of benzene rings is 2. The van der Waals surface area contributed by atoms with Gasteiger partial charge in [-0.15, -0.1) is 11.3 Å². The summed E-state index contributed by atoms with van der Waals surface area (Å²) < 4.78 is 26.2. The average molecular weight is 358 g/mol. The summed E-state index contributed by atoms with van der Waals surface area (Å²) in [4.78, 5) is 17.6. The van der Waals surface area contributed by atoms with Gasteiger partial charge in [0.05, 0.1) is 5.69 Å². The second kappa shape index (κ2) is 7.53. The molecule has 3 nitrogen and oxygen atoms in total. The Bertz CT molecular complexity index is 891. The highest BCUT2D eigenvalue weighted by Gasteiger charge is 2.11. The zero-order valence-electron chi connectivity index (χ0n) is 13.6. The molecule has 0 aliphatic carbocycles. The number of amides is 1. The van der Waals surface area contributed by atoms with Crippen molar-refractivity contribution < 1.29 is 13.6 Å². The van der Waals surface area contributed by atoms with Gasteiger partial charge in [0, 0.05) is 29.0 Å². The fourth-order valence-corrected chi connectivity index (χ4v) is 3.46. The Morgan fingerprint density at radius 1 is 1.12 bits per heavy atom. The van der Waals surface area contributed by atoms with Gasteiger partial charge in [-0.2, -0.15) is 0 Å². The minimum atomic E-state index is -0.435. The molecule has 0 saturated heterocycles. The molecule has 0 aliphatic heterocycles. The molecule has 1 aromatic heterocycles. The van der Waals surface area contributed by atoms with E-state index in [1.165, 1.54) is 41.7 Å². The number of halogens is 2. The first kappa shape index (κ1) is 17.2. The Kier molecular flexibility index (Phi) is 5.19. The number of aromatic nitrogens is 1. The van der Waals surface area contributed by atoms with E-state index in [4.69, 9.17) is 0 Å². The van der Waals surface area contributed by atoms with Crippen LogP contribution in [-0.2, 0) is 6.42 Å². The Hall–Kier alpha value is -2.60. The minimum absolute atomic E-state index is 0.280. The third kappa shape index (κ3) is 4.28. The Morgan fingerprint density at radius 3 is 2.60 bits per heavy atom. The van der Waals surface area contributed by atoms with E-state index in [1.807, 2.05) is 6.92 Å². The first-order chi connectivity index (χ1) is 12.0. The van der Waals surface area contributed by atoms with E-state index in [1.54, 1.807) is 18.2 Å². The maximum absolute atomic E-state index is 13.1. The smallest absolute Gasteiger partial charge is 0.251 e. The molecule has 1 heterocycles. The molecule has 6 heteroatoms. The van der Waals surface area contributed by atoms with Crippen LogP contribution in [0.4, 0.5) is 8.78 Å². The number of rotatable bonds is 5. The number of aryl methyl sites for hydroxylation is 1. The fraction of sp³-hybridized carbons (Fsp3) is 0.158. The second-order valence-electron chi connectivity index (χ2n) is 5.55. The maximum atomic E-state index is 13.1. The Labute approximate surface area is 148 Å². The van der Waals surface area contributed by atoms with E-state index >= 15 is 0 Å². The summed E-state index contributed by atoms with van der Waals surface area (Å²) in [5, 5.41) is 3.61. The molecule has 0 fully saturated rings. The normalized spacial score (nSPS) is 10.7. The molecule has 0 atom stereocenters. The molecule has 0 saturated carbocycles. The van der Waals surface area contributed by atoms with Crippen molar-refractivity contribution in [3.63, 3.8) is 0 Å². The predicted molar refractivity (Wildman–Crippen MR) is 94.7 cm³/mol. The molecular formula is C19H16F2N2OS. The summed E-state index contributed by atoms with van der Waals surface area (Å²) in [5.74, 6) is -1.02. The van der Waals surface area contributed by atoms with Crippen LogP contribution in [0.1, 0.15) is 20.9 Å². The number of nitrogens with zero attached hydrogens (tertiary/aromatic N) is 1. The van der Waals surface area contributed by atoms with Gasteiger partial charge in [0.25, 0.3) is 5.91 Å². The molecule has 1 N–H and O–H groups in total. The second-order valence-corrected chi connectivity index (χ2v) is 6.63. The van der Waals surface area contributed by atoms with Crippen LogP contribution in [0.5, 0.6) is 0 Å². The van der Waals surface area contributed by atoms with Crippen molar-refractivity contribution in [1.29, 1.82) is 0 Å². The molecule has 0 spiro atoms. The van der Waals surface area contributed by atoms with Crippen LogP contribution in [0.15, 0.2) is 48.5 Å². The van der Waals surface area contributed by atoms with Gasteiger partial charge in [-0.05, 0) is 49.4 Å². The van der Waals surface area contributed by atoms with Crippen LogP contribution in [-0.4, -0.2) is 17.4 Å². The van der Waals surface area contributed by atoms with E-state index in [0.29, 0.717) is 18.5 Å². The lowest BCUT2D eigenvalue weighted by Gasteiger charge is -2.04. The van der Waals surface area contributed by atoms with Crippen LogP contribution in [0.25, 0.3) is 10.6 Å². The third-order valence-corrected chi connectivity index (χ3v) is 4.97. The zero-order chi connectivity index (χ0) is 17.8. The van der Waals surface area contributed by atoms with Gasteiger partial charge in [-0.3, -0.25) is 4.79 Å². The lowest BCUT2D eigenvalue weighted by Crippen LogP contribution is -2.25. The molecule has 25 heavy (non-hydrogen) atoms. The van der Waals surface area contributed by atoms with Gasteiger partial charge >= 0.3 is 0 Å². The van der Waals surface area contributed by atoms with Crippen molar-refractivity contribution in [3.05, 3.63) is 76.3 Å². The van der Waals surface area contributed by atoms with Crippen molar-refractivity contribution in [3.8, 4) is 10.6 Å². The van der Waals surface area contributed by atoms with Crippen LogP contribution in [0.2, 0.25) is 0 Å². The highest BCUT2D eigenvalue weighted by Crippen LogP contribution is 2.28. The van der Waals surface area contributed by atoms with E-state index in [2.05, 4.69) is 10.3 Å². The quantitative estimate of drug-likeness (QED) is 0.736. The number of hydrogen-bond donors (Lipinski definition) is 1. The first-order valence-corrected chi connectivity index (χ1v) is 8.60. The van der Waals surface area contributed by atoms with Gasteiger partial charge in [-0.1, -0.05) is 6.07 Å². The number of thiazole rings is 1. The first-order valence-electron chi connectivity index (χ1n) is 7.79.